The van der Waals surface area contributed by atoms with Gasteiger partial charge in [-0.15, -0.1) is 0 Å². The molecular weight excluding hydrogens is 419 g/mol. The maximum Gasteiger partial charge on any atom is 0.253 e. The van der Waals surface area contributed by atoms with E-state index in [-0.39, 0.29) is 11.7 Å². The van der Waals surface area contributed by atoms with E-state index in [1.54, 1.807) is 12.3 Å². The van der Waals surface area contributed by atoms with E-state index in [1.165, 1.54) is 12.3 Å². The van der Waals surface area contributed by atoms with Crippen LogP contribution in [0, 0.1) is 12.7 Å². The van der Waals surface area contributed by atoms with Crippen molar-refractivity contribution in [1.29, 1.82) is 0 Å². The first-order valence-corrected chi connectivity index (χ1v) is 11.0. The number of aromatic nitrogens is 4. The Morgan fingerprint density at radius 3 is 2.58 bits per heavy atom. The number of halogens is 1. The number of hydrogen-bond donors (Lipinski definition) is 1. The van der Waals surface area contributed by atoms with Crippen LogP contribution in [-0.4, -0.2) is 43.4 Å². The second-order valence-electron chi connectivity index (χ2n) is 8.45. The Balaban J connectivity index is 1.20. The van der Waals surface area contributed by atoms with Gasteiger partial charge in [0.2, 0.25) is 0 Å². The Bertz CT molecular complexity index is 1290. The Morgan fingerprint density at radius 2 is 1.88 bits per heavy atom. The van der Waals surface area contributed by atoms with Crippen LogP contribution in [0.4, 0.5) is 15.9 Å². The molecular formula is C25H25FN6O. The zero-order valence-corrected chi connectivity index (χ0v) is 18.6. The number of carbonyl (C=O) groups excluding carboxylic acids is 1. The molecule has 0 unspecified atom stereocenters. The summed E-state index contributed by atoms with van der Waals surface area (Å²) in [6.07, 6.45) is 4.68. The third kappa shape index (κ3) is 4.28. The number of piperidine rings is 1. The molecule has 0 saturated carbocycles. The van der Waals surface area contributed by atoms with E-state index in [2.05, 4.69) is 20.3 Å². The maximum absolute atomic E-state index is 13.1. The molecule has 1 aliphatic rings. The number of anilines is 2. The monoisotopic (exact) mass is 444 g/mol. The van der Waals surface area contributed by atoms with Gasteiger partial charge < -0.3 is 14.8 Å². The van der Waals surface area contributed by atoms with E-state index in [1.807, 2.05) is 53.8 Å². The first kappa shape index (κ1) is 21.1. The predicted molar refractivity (Wildman–Crippen MR) is 125 cm³/mol. The molecule has 0 atom stereocenters. The Labute approximate surface area is 191 Å². The molecule has 0 radical (unpaired) electrons. The molecule has 1 aliphatic heterocycles. The van der Waals surface area contributed by atoms with E-state index >= 15 is 0 Å². The van der Waals surface area contributed by atoms with Gasteiger partial charge in [-0.1, -0.05) is 0 Å². The van der Waals surface area contributed by atoms with Crippen molar-refractivity contribution in [3.8, 4) is 0 Å². The van der Waals surface area contributed by atoms with Crippen LogP contribution >= 0.6 is 0 Å². The Hall–Kier alpha value is -3.81. The topological polar surface area (TPSA) is 75.9 Å². The number of hydrogen-bond acceptors (Lipinski definition) is 5. The summed E-state index contributed by atoms with van der Waals surface area (Å²) in [5.41, 5.74) is 4.38. The smallest absolute Gasteiger partial charge is 0.253 e. The second-order valence-corrected chi connectivity index (χ2v) is 8.45. The molecule has 5 rings (SSSR count). The predicted octanol–water partition coefficient (Wildman–Crippen LogP) is 4.57. The quantitative estimate of drug-likeness (QED) is 0.499. The Kier molecular flexibility index (Phi) is 5.50. The molecule has 8 heteroatoms. The molecule has 1 fully saturated rings. The molecule has 1 saturated heterocycles. The van der Waals surface area contributed by atoms with Crippen molar-refractivity contribution in [2.45, 2.75) is 25.7 Å². The lowest BCUT2D eigenvalue weighted by molar-refractivity contribution is 0.0712. The van der Waals surface area contributed by atoms with Crippen LogP contribution in [0.3, 0.4) is 0 Å². The number of benzene rings is 1. The number of nitrogens with one attached hydrogen (secondary N) is 1. The van der Waals surface area contributed by atoms with Crippen molar-refractivity contribution in [2.75, 3.05) is 18.4 Å². The standard InChI is InChI=1S/C25H25FN6O/c1-16-29-22-13-18(3-7-23(22)31(16)2)25(33)32-11-9-17(10-12-32)21-6-5-20(15-27-21)30-24-8-4-19(26)14-28-24/h3-8,13-15,17H,9-12H2,1-2H3,(H,28,30). The lowest BCUT2D eigenvalue weighted by Crippen LogP contribution is -2.38. The molecule has 0 bridgehead atoms. The fourth-order valence-electron chi connectivity index (χ4n) is 4.33. The van der Waals surface area contributed by atoms with E-state index in [0.29, 0.717) is 30.4 Å². The molecule has 1 aromatic carbocycles. The summed E-state index contributed by atoms with van der Waals surface area (Å²) in [6, 6.07) is 12.7. The summed E-state index contributed by atoms with van der Waals surface area (Å²) in [4.78, 5) is 28.1. The first-order valence-electron chi connectivity index (χ1n) is 11.0. The molecule has 7 nitrogen and oxygen atoms in total. The largest absolute Gasteiger partial charge is 0.339 e. The van der Waals surface area contributed by atoms with E-state index < -0.39 is 0 Å². The van der Waals surface area contributed by atoms with Crippen molar-refractivity contribution < 1.29 is 9.18 Å². The molecule has 4 aromatic rings. The Morgan fingerprint density at radius 1 is 1.06 bits per heavy atom. The minimum atomic E-state index is -0.369. The van der Waals surface area contributed by atoms with Crippen LogP contribution in [0.1, 0.15) is 40.6 Å². The maximum atomic E-state index is 13.1. The number of likely N-dealkylation sites (tertiary alicyclic amines) is 1. The summed E-state index contributed by atoms with van der Waals surface area (Å²) in [7, 11) is 1.98. The van der Waals surface area contributed by atoms with Crippen LogP contribution < -0.4 is 5.32 Å². The molecule has 3 aromatic heterocycles. The number of carbonyl (C=O) groups is 1. The summed E-state index contributed by atoms with van der Waals surface area (Å²) in [5.74, 6) is 1.49. The number of aryl methyl sites for hydroxylation is 2. The zero-order chi connectivity index (χ0) is 22.9. The zero-order valence-electron chi connectivity index (χ0n) is 18.6. The van der Waals surface area contributed by atoms with Crippen LogP contribution in [0.15, 0.2) is 54.9 Å². The lowest BCUT2D eigenvalue weighted by atomic mass is 9.92. The van der Waals surface area contributed by atoms with E-state index in [4.69, 9.17) is 0 Å². The SMILES string of the molecule is Cc1nc2cc(C(=O)N3CCC(c4ccc(Nc5ccc(F)cn5)cn4)CC3)ccc2n1C. The summed E-state index contributed by atoms with van der Waals surface area (Å²) < 4.78 is 15.0. The number of rotatable bonds is 4. The van der Waals surface area contributed by atoms with Gasteiger partial charge in [0.1, 0.15) is 17.5 Å². The van der Waals surface area contributed by atoms with Crippen LogP contribution in [-0.2, 0) is 7.05 Å². The highest BCUT2D eigenvalue weighted by Crippen LogP contribution is 2.29. The number of nitrogens with zero attached hydrogens (tertiary/aromatic N) is 5. The van der Waals surface area contributed by atoms with Gasteiger partial charge in [0, 0.05) is 37.3 Å². The third-order valence-corrected chi connectivity index (χ3v) is 6.34. The normalized spacial score (nSPS) is 14.6. The summed E-state index contributed by atoms with van der Waals surface area (Å²) in [5, 5.41) is 3.12. The van der Waals surface area contributed by atoms with Crippen molar-refractivity contribution in [2.24, 2.45) is 7.05 Å². The number of imidazole rings is 1. The highest BCUT2D eigenvalue weighted by Gasteiger charge is 2.25. The summed E-state index contributed by atoms with van der Waals surface area (Å²) >= 11 is 0. The fraction of sp³-hybridized carbons (Fsp3) is 0.280. The van der Waals surface area contributed by atoms with Gasteiger partial charge in [0.25, 0.3) is 5.91 Å². The third-order valence-electron chi connectivity index (χ3n) is 6.34. The highest BCUT2D eigenvalue weighted by atomic mass is 19.1. The van der Waals surface area contributed by atoms with Gasteiger partial charge in [0.15, 0.2) is 0 Å². The van der Waals surface area contributed by atoms with Crippen molar-refractivity contribution >= 4 is 28.4 Å². The van der Waals surface area contributed by atoms with Gasteiger partial charge in [-0.05, 0) is 62.2 Å². The highest BCUT2D eigenvalue weighted by molar-refractivity contribution is 5.97. The first-order chi connectivity index (χ1) is 16.0. The average molecular weight is 445 g/mol. The van der Waals surface area contributed by atoms with Gasteiger partial charge in [-0.3, -0.25) is 9.78 Å². The van der Waals surface area contributed by atoms with Gasteiger partial charge in [0.05, 0.1) is 29.1 Å². The molecule has 4 heterocycles. The average Bonchev–Trinajstić information content (AvgIpc) is 3.13. The van der Waals surface area contributed by atoms with Crippen molar-refractivity contribution in [1.82, 2.24) is 24.4 Å². The van der Waals surface area contributed by atoms with Crippen LogP contribution in [0.25, 0.3) is 11.0 Å². The van der Waals surface area contributed by atoms with Crippen LogP contribution in [0.5, 0.6) is 0 Å². The van der Waals surface area contributed by atoms with Gasteiger partial charge in [-0.25, -0.2) is 14.4 Å². The molecule has 0 spiro atoms. The number of pyridine rings is 2. The number of fused-ring (bicyclic) bond motifs is 1. The van der Waals surface area contributed by atoms with Crippen molar-refractivity contribution in [3.63, 3.8) is 0 Å². The number of amides is 1. The lowest BCUT2D eigenvalue weighted by Gasteiger charge is -2.32. The fourth-order valence-corrected chi connectivity index (χ4v) is 4.33. The van der Waals surface area contributed by atoms with E-state index in [0.717, 1.165) is 41.1 Å². The molecule has 168 valence electrons. The van der Waals surface area contributed by atoms with Gasteiger partial charge in [-0.2, -0.15) is 0 Å². The molecule has 33 heavy (non-hydrogen) atoms. The second kappa shape index (κ2) is 8.61. The van der Waals surface area contributed by atoms with Crippen molar-refractivity contribution in [3.05, 3.63) is 77.8 Å². The minimum Gasteiger partial charge on any atom is -0.339 e. The minimum absolute atomic E-state index is 0.0537. The molecule has 0 aliphatic carbocycles. The van der Waals surface area contributed by atoms with Gasteiger partial charge >= 0.3 is 0 Å². The van der Waals surface area contributed by atoms with E-state index in [9.17, 15) is 9.18 Å². The summed E-state index contributed by atoms with van der Waals surface area (Å²) in [6.45, 7) is 3.36. The van der Waals surface area contributed by atoms with Crippen LogP contribution in [0.2, 0.25) is 0 Å². The molecule has 1 N–H and O–H groups in total. The molecule has 1 amide bonds.